The molecule has 0 aliphatic carbocycles. The zero-order valence-corrected chi connectivity index (χ0v) is 18.8. The fourth-order valence-electron chi connectivity index (χ4n) is 3.62. The van der Waals surface area contributed by atoms with Crippen LogP contribution in [0.2, 0.25) is 5.02 Å². The molecule has 0 unspecified atom stereocenters. The van der Waals surface area contributed by atoms with Gasteiger partial charge in [-0.05, 0) is 74.2 Å². The molecule has 0 saturated carbocycles. The topological polar surface area (TPSA) is 67.9 Å². The fourth-order valence-corrected chi connectivity index (χ4v) is 3.74. The minimum Gasteiger partial charge on any atom is -0.490 e. The molecule has 0 radical (unpaired) electrons. The predicted molar refractivity (Wildman–Crippen MR) is 121 cm³/mol. The van der Waals surface area contributed by atoms with Gasteiger partial charge < -0.3 is 19.7 Å². The minimum absolute atomic E-state index is 0.0956. The van der Waals surface area contributed by atoms with Gasteiger partial charge in [0.15, 0.2) is 11.5 Å². The van der Waals surface area contributed by atoms with E-state index in [-0.39, 0.29) is 11.8 Å². The van der Waals surface area contributed by atoms with Gasteiger partial charge in [0.25, 0.3) is 5.91 Å². The molecule has 0 bridgehead atoms. The lowest BCUT2D eigenvalue weighted by Crippen LogP contribution is -2.36. The molecule has 7 heteroatoms. The van der Waals surface area contributed by atoms with Crippen LogP contribution in [0.3, 0.4) is 0 Å². The van der Waals surface area contributed by atoms with Crippen LogP contribution in [0.5, 0.6) is 11.5 Å². The van der Waals surface area contributed by atoms with Crippen molar-refractivity contribution in [2.75, 3.05) is 26.3 Å². The van der Waals surface area contributed by atoms with Gasteiger partial charge in [0.1, 0.15) is 0 Å². The Morgan fingerprint density at radius 1 is 1.03 bits per heavy atom. The van der Waals surface area contributed by atoms with Gasteiger partial charge in [0, 0.05) is 36.6 Å². The molecule has 0 fully saturated rings. The maximum absolute atomic E-state index is 12.7. The van der Waals surface area contributed by atoms with Crippen molar-refractivity contribution in [1.29, 1.82) is 0 Å². The van der Waals surface area contributed by atoms with Crippen LogP contribution < -0.4 is 14.8 Å². The average molecular weight is 445 g/mol. The van der Waals surface area contributed by atoms with Gasteiger partial charge in [-0.25, -0.2) is 0 Å². The van der Waals surface area contributed by atoms with Crippen molar-refractivity contribution in [3.63, 3.8) is 0 Å². The lowest BCUT2D eigenvalue weighted by molar-refractivity contribution is -0.132. The summed E-state index contributed by atoms with van der Waals surface area (Å²) in [6.45, 7) is 6.73. The van der Waals surface area contributed by atoms with E-state index in [4.69, 9.17) is 21.1 Å². The number of rotatable bonds is 9. The summed E-state index contributed by atoms with van der Waals surface area (Å²) in [4.78, 5) is 26.7. The first-order valence-corrected chi connectivity index (χ1v) is 11.1. The number of amides is 2. The number of hydrogen-bond donors (Lipinski definition) is 1. The molecule has 1 aliphatic rings. The van der Waals surface area contributed by atoms with Crippen molar-refractivity contribution in [2.24, 2.45) is 0 Å². The van der Waals surface area contributed by atoms with Gasteiger partial charge >= 0.3 is 0 Å². The lowest BCUT2D eigenvalue weighted by Gasteiger charge is -2.30. The molecule has 1 aliphatic heterocycles. The van der Waals surface area contributed by atoms with E-state index in [0.29, 0.717) is 56.3 Å². The Labute approximate surface area is 188 Å². The number of fused-ring (bicyclic) bond motifs is 1. The highest BCUT2D eigenvalue weighted by atomic mass is 35.5. The molecule has 2 aromatic carbocycles. The van der Waals surface area contributed by atoms with Crippen LogP contribution >= 0.6 is 11.6 Å². The first kappa shape index (κ1) is 22.9. The van der Waals surface area contributed by atoms with Crippen LogP contribution in [0.15, 0.2) is 36.4 Å². The molecule has 31 heavy (non-hydrogen) atoms. The van der Waals surface area contributed by atoms with Crippen LogP contribution in [-0.2, 0) is 17.8 Å². The van der Waals surface area contributed by atoms with Gasteiger partial charge in [-0.15, -0.1) is 0 Å². The number of carbonyl (C=O) groups is 2. The molecule has 2 aromatic rings. The Kier molecular flexibility index (Phi) is 8.18. The van der Waals surface area contributed by atoms with Crippen LogP contribution in [-0.4, -0.2) is 43.0 Å². The highest BCUT2D eigenvalue weighted by molar-refractivity contribution is 6.30. The molecule has 6 nitrogen and oxygen atoms in total. The third-order valence-corrected chi connectivity index (χ3v) is 5.44. The third-order valence-electron chi connectivity index (χ3n) is 5.19. The highest BCUT2D eigenvalue weighted by Crippen LogP contribution is 2.34. The van der Waals surface area contributed by atoms with E-state index in [1.54, 1.807) is 24.3 Å². The number of halogens is 1. The van der Waals surface area contributed by atoms with Gasteiger partial charge in [0.05, 0.1) is 13.2 Å². The summed E-state index contributed by atoms with van der Waals surface area (Å²) in [6, 6.07) is 10.8. The SMILES string of the molecule is CCOc1cc2c(cc1OCC)CN(C(=O)CCCNC(=O)c1ccc(Cl)cc1)CC2. The first-order valence-electron chi connectivity index (χ1n) is 10.7. The molecule has 3 rings (SSSR count). The van der Waals surface area contributed by atoms with Crippen LogP contribution in [0.25, 0.3) is 0 Å². The van der Waals surface area contributed by atoms with E-state index >= 15 is 0 Å². The largest absolute Gasteiger partial charge is 0.490 e. The maximum atomic E-state index is 12.7. The van der Waals surface area contributed by atoms with E-state index in [0.717, 1.165) is 23.5 Å². The van der Waals surface area contributed by atoms with E-state index in [1.807, 2.05) is 30.9 Å². The highest BCUT2D eigenvalue weighted by Gasteiger charge is 2.22. The molecule has 0 atom stereocenters. The molecule has 0 spiro atoms. The number of hydrogen-bond acceptors (Lipinski definition) is 4. The lowest BCUT2D eigenvalue weighted by atomic mass is 9.98. The number of nitrogens with one attached hydrogen (secondary N) is 1. The van der Waals surface area contributed by atoms with Crippen molar-refractivity contribution >= 4 is 23.4 Å². The summed E-state index contributed by atoms with van der Waals surface area (Å²) in [5, 5.41) is 3.44. The Balaban J connectivity index is 1.50. The van der Waals surface area contributed by atoms with E-state index < -0.39 is 0 Å². The van der Waals surface area contributed by atoms with Crippen molar-refractivity contribution in [3.8, 4) is 11.5 Å². The Hall–Kier alpha value is -2.73. The summed E-state index contributed by atoms with van der Waals surface area (Å²) in [5.74, 6) is 1.42. The van der Waals surface area contributed by atoms with Gasteiger partial charge in [-0.3, -0.25) is 9.59 Å². The van der Waals surface area contributed by atoms with Crippen molar-refractivity contribution in [2.45, 2.75) is 39.7 Å². The molecule has 1 heterocycles. The molecular weight excluding hydrogens is 416 g/mol. The number of ether oxygens (including phenoxy) is 2. The van der Waals surface area contributed by atoms with E-state index in [1.165, 1.54) is 5.56 Å². The van der Waals surface area contributed by atoms with Crippen molar-refractivity contribution in [1.82, 2.24) is 10.2 Å². The summed E-state index contributed by atoms with van der Waals surface area (Å²) in [5.41, 5.74) is 2.86. The molecular formula is C24H29ClN2O4. The minimum atomic E-state index is -0.162. The van der Waals surface area contributed by atoms with Gasteiger partial charge in [-0.2, -0.15) is 0 Å². The second-order valence-corrected chi connectivity index (χ2v) is 7.80. The Morgan fingerprint density at radius 2 is 1.68 bits per heavy atom. The maximum Gasteiger partial charge on any atom is 0.251 e. The second kappa shape index (κ2) is 11.0. The quantitative estimate of drug-likeness (QED) is 0.587. The monoisotopic (exact) mass is 444 g/mol. The summed E-state index contributed by atoms with van der Waals surface area (Å²) in [7, 11) is 0. The smallest absolute Gasteiger partial charge is 0.251 e. The third kappa shape index (κ3) is 6.14. The van der Waals surface area contributed by atoms with E-state index in [2.05, 4.69) is 5.32 Å². The van der Waals surface area contributed by atoms with Crippen LogP contribution in [0, 0.1) is 0 Å². The predicted octanol–water partition coefficient (Wildman–Crippen LogP) is 4.23. The van der Waals surface area contributed by atoms with Gasteiger partial charge in [-0.1, -0.05) is 11.6 Å². The molecule has 0 aromatic heterocycles. The first-order chi connectivity index (χ1) is 15.0. The molecule has 0 saturated heterocycles. The molecule has 2 amide bonds. The second-order valence-electron chi connectivity index (χ2n) is 7.37. The molecule has 166 valence electrons. The van der Waals surface area contributed by atoms with E-state index in [9.17, 15) is 9.59 Å². The number of carbonyl (C=O) groups excluding carboxylic acids is 2. The average Bonchev–Trinajstić information content (AvgIpc) is 2.77. The Morgan fingerprint density at radius 3 is 2.32 bits per heavy atom. The summed E-state index contributed by atoms with van der Waals surface area (Å²) >= 11 is 5.84. The van der Waals surface area contributed by atoms with Crippen LogP contribution in [0.4, 0.5) is 0 Å². The molecule has 1 N–H and O–H groups in total. The van der Waals surface area contributed by atoms with Crippen molar-refractivity contribution < 1.29 is 19.1 Å². The number of benzene rings is 2. The number of nitrogens with zero attached hydrogens (tertiary/aromatic N) is 1. The van der Waals surface area contributed by atoms with Crippen LogP contribution in [0.1, 0.15) is 48.2 Å². The van der Waals surface area contributed by atoms with Crippen molar-refractivity contribution in [3.05, 3.63) is 58.1 Å². The standard InChI is InChI=1S/C24H29ClN2O4/c1-3-30-21-14-18-11-13-27(16-19(18)15-22(21)31-4-2)23(28)6-5-12-26-24(29)17-7-9-20(25)10-8-17/h7-10,14-15H,3-6,11-13,16H2,1-2H3,(H,26,29). The summed E-state index contributed by atoms with van der Waals surface area (Å²) < 4.78 is 11.4. The fraction of sp³-hybridized carbons (Fsp3) is 0.417. The van der Waals surface area contributed by atoms with Gasteiger partial charge in [0.2, 0.25) is 5.91 Å². The zero-order chi connectivity index (χ0) is 22.2. The zero-order valence-electron chi connectivity index (χ0n) is 18.1. The summed E-state index contributed by atoms with van der Waals surface area (Å²) in [6.07, 6.45) is 1.78. The Bertz CT molecular complexity index is 915. The normalized spacial score (nSPS) is 12.8.